The highest BCUT2D eigenvalue weighted by molar-refractivity contribution is 5.95. The van der Waals surface area contributed by atoms with Crippen molar-refractivity contribution in [3.05, 3.63) is 41.1 Å². The third-order valence-corrected chi connectivity index (χ3v) is 5.60. The van der Waals surface area contributed by atoms with Crippen LogP contribution in [0.15, 0.2) is 24.3 Å². The monoisotopic (exact) mass is 482 g/mol. The lowest BCUT2D eigenvalue weighted by Gasteiger charge is -2.20. The van der Waals surface area contributed by atoms with E-state index in [4.69, 9.17) is 4.74 Å². The molecule has 0 fully saturated rings. The second-order valence-electron chi connectivity index (χ2n) is 8.20. The first-order valence-electron chi connectivity index (χ1n) is 11.5. The highest BCUT2D eigenvalue weighted by Crippen LogP contribution is 2.26. The van der Waals surface area contributed by atoms with Crippen LogP contribution in [0.3, 0.4) is 0 Å². The Hall–Kier alpha value is -3.68. The molecule has 35 heavy (non-hydrogen) atoms. The van der Waals surface area contributed by atoms with E-state index in [-0.39, 0.29) is 30.8 Å². The van der Waals surface area contributed by atoms with Crippen LogP contribution in [0.1, 0.15) is 37.1 Å². The van der Waals surface area contributed by atoms with E-state index in [9.17, 15) is 19.6 Å². The van der Waals surface area contributed by atoms with Crippen molar-refractivity contribution in [2.24, 2.45) is 0 Å². The highest BCUT2D eigenvalue weighted by atomic mass is 16.5. The molecule has 0 atom stereocenters. The van der Waals surface area contributed by atoms with Gasteiger partial charge in [0.05, 0.1) is 18.7 Å². The van der Waals surface area contributed by atoms with Crippen molar-refractivity contribution in [2.45, 2.75) is 40.7 Å². The van der Waals surface area contributed by atoms with Gasteiger partial charge in [-0.2, -0.15) is 5.26 Å². The third kappa shape index (κ3) is 7.95. The predicted octanol–water partition coefficient (Wildman–Crippen LogP) is 2.87. The van der Waals surface area contributed by atoms with Gasteiger partial charge in [0.1, 0.15) is 11.9 Å². The number of hydrogen-bond donors (Lipinski definition) is 3. The smallest absolute Gasteiger partial charge is 0.239 e. The summed E-state index contributed by atoms with van der Waals surface area (Å²) in [6, 6.07) is 8.97. The van der Waals surface area contributed by atoms with Crippen molar-refractivity contribution in [1.82, 2.24) is 9.47 Å². The minimum atomic E-state index is -0.304. The predicted molar refractivity (Wildman–Crippen MR) is 135 cm³/mol. The molecule has 10 nitrogen and oxygen atoms in total. The van der Waals surface area contributed by atoms with Gasteiger partial charge in [0.25, 0.3) is 0 Å². The molecule has 0 unspecified atom stereocenters. The van der Waals surface area contributed by atoms with Crippen molar-refractivity contribution in [3.63, 3.8) is 0 Å². The molecule has 0 radical (unpaired) electrons. The number of nitrogens with zero attached hydrogens (tertiary/aromatic N) is 3. The molecule has 3 amide bonds. The lowest BCUT2D eigenvalue weighted by Crippen LogP contribution is -2.39. The lowest BCUT2D eigenvalue weighted by molar-refractivity contribution is -0.120. The molecular weight excluding hydrogens is 448 g/mol. The number of ether oxygens (including phenoxy) is 1. The summed E-state index contributed by atoms with van der Waals surface area (Å²) >= 11 is 0. The fraction of sp³-hybridized carbons (Fsp3) is 0.440. The molecule has 10 heteroatoms. The summed E-state index contributed by atoms with van der Waals surface area (Å²) in [6.45, 7) is 8.76. The van der Waals surface area contributed by atoms with E-state index in [1.807, 2.05) is 25.3 Å². The Morgan fingerprint density at radius 2 is 1.60 bits per heavy atom. The van der Waals surface area contributed by atoms with E-state index in [1.165, 1.54) is 6.92 Å². The standard InChI is InChI=1S/C25H34N6O4/c1-6-30(15-23(33)28-21-10-8-20(9-11-21)27-19(4)32)16-24(34)29-25-22(14-26)17(2)18(3)31(25)12-7-13-35-5/h8-11H,6-7,12-13,15-16H2,1-5H3,(H,27,32)(H,28,33)(H,29,34). The second kappa shape index (κ2) is 13.3. The Balaban J connectivity index is 2.01. The molecule has 0 aliphatic rings. The van der Waals surface area contributed by atoms with Gasteiger partial charge in [-0.05, 0) is 56.6 Å². The van der Waals surface area contributed by atoms with Crippen molar-refractivity contribution < 1.29 is 19.1 Å². The summed E-state index contributed by atoms with van der Waals surface area (Å²) in [5, 5.41) is 18.0. The number of nitriles is 1. The number of methoxy groups -OCH3 is 1. The number of likely N-dealkylation sites (N-methyl/N-ethyl adjacent to an activating group) is 1. The molecule has 1 aromatic carbocycles. The first kappa shape index (κ1) is 27.6. The molecule has 3 N–H and O–H groups in total. The zero-order valence-corrected chi connectivity index (χ0v) is 21.0. The fourth-order valence-corrected chi connectivity index (χ4v) is 3.67. The van der Waals surface area contributed by atoms with Crippen LogP contribution in [0, 0.1) is 25.2 Å². The molecule has 0 spiro atoms. The van der Waals surface area contributed by atoms with Crippen LogP contribution >= 0.6 is 0 Å². The number of amides is 3. The summed E-state index contributed by atoms with van der Waals surface area (Å²) in [5.41, 5.74) is 3.41. The molecule has 1 heterocycles. The van der Waals surface area contributed by atoms with Crippen LogP contribution in [0.5, 0.6) is 0 Å². The minimum Gasteiger partial charge on any atom is -0.385 e. The van der Waals surface area contributed by atoms with E-state index >= 15 is 0 Å². The van der Waals surface area contributed by atoms with Gasteiger partial charge in [-0.3, -0.25) is 19.3 Å². The number of hydrogen-bond acceptors (Lipinski definition) is 6. The van der Waals surface area contributed by atoms with Crippen LogP contribution in [-0.4, -0.2) is 60.5 Å². The van der Waals surface area contributed by atoms with Crippen molar-refractivity contribution in [3.8, 4) is 6.07 Å². The molecule has 0 aliphatic heterocycles. The number of rotatable bonds is 12. The summed E-state index contributed by atoms with van der Waals surface area (Å²) in [5.74, 6) is -0.267. The summed E-state index contributed by atoms with van der Waals surface area (Å²) < 4.78 is 7.06. The normalized spacial score (nSPS) is 10.7. The van der Waals surface area contributed by atoms with Gasteiger partial charge in [0.15, 0.2) is 0 Å². The zero-order valence-electron chi connectivity index (χ0n) is 21.0. The van der Waals surface area contributed by atoms with Gasteiger partial charge >= 0.3 is 0 Å². The van der Waals surface area contributed by atoms with Gasteiger partial charge in [-0.25, -0.2) is 0 Å². The number of anilines is 3. The van der Waals surface area contributed by atoms with Crippen LogP contribution in [0.2, 0.25) is 0 Å². The maximum atomic E-state index is 12.9. The lowest BCUT2D eigenvalue weighted by atomic mass is 10.2. The van der Waals surface area contributed by atoms with Crippen LogP contribution in [0.25, 0.3) is 0 Å². The molecule has 0 aliphatic carbocycles. The zero-order chi connectivity index (χ0) is 26.0. The first-order valence-corrected chi connectivity index (χ1v) is 11.5. The van der Waals surface area contributed by atoms with E-state index in [0.29, 0.717) is 42.5 Å². The van der Waals surface area contributed by atoms with Gasteiger partial charge in [0, 0.05) is 44.3 Å². The minimum absolute atomic E-state index is 0.00238. The van der Waals surface area contributed by atoms with E-state index < -0.39 is 0 Å². The van der Waals surface area contributed by atoms with Crippen LogP contribution in [-0.2, 0) is 25.7 Å². The Labute approximate surface area is 206 Å². The maximum Gasteiger partial charge on any atom is 0.239 e. The van der Waals surface area contributed by atoms with Gasteiger partial charge in [0.2, 0.25) is 17.7 Å². The molecule has 0 saturated heterocycles. The Bertz CT molecular complexity index is 1080. The average Bonchev–Trinajstić information content (AvgIpc) is 3.03. The number of nitrogens with one attached hydrogen (secondary N) is 3. The third-order valence-electron chi connectivity index (χ3n) is 5.60. The molecule has 0 bridgehead atoms. The molecular formula is C25H34N6O4. The van der Waals surface area contributed by atoms with Gasteiger partial charge < -0.3 is 25.3 Å². The van der Waals surface area contributed by atoms with Gasteiger partial charge in [-0.1, -0.05) is 6.92 Å². The van der Waals surface area contributed by atoms with E-state index in [1.54, 1.807) is 36.3 Å². The molecule has 0 saturated carbocycles. The average molecular weight is 483 g/mol. The maximum absolute atomic E-state index is 12.9. The highest BCUT2D eigenvalue weighted by Gasteiger charge is 2.21. The van der Waals surface area contributed by atoms with Crippen molar-refractivity contribution >= 4 is 34.9 Å². The van der Waals surface area contributed by atoms with E-state index in [0.717, 1.165) is 17.7 Å². The fourth-order valence-electron chi connectivity index (χ4n) is 3.67. The number of benzene rings is 1. The topological polar surface area (TPSA) is 128 Å². The van der Waals surface area contributed by atoms with Crippen LogP contribution < -0.4 is 16.0 Å². The molecule has 2 rings (SSSR count). The van der Waals surface area contributed by atoms with Gasteiger partial charge in [-0.15, -0.1) is 0 Å². The van der Waals surface area contributed by atoms with Crippen molar-refractivity contribution in [2.75, 3.05) is 49.3 Å². The number of aromatic nitrogens is 1. The van der Waals surface area contributed by atoms with Crippen molar-refractivity contribution in [1.29, 1.82) is 5.26 Å². The van der Waals surface area contributed by atoms with E-state index in [2.05, 4.69) is 22.0 Å². The summed E-state index contributed by atoms with van der Waals surface area (Å²) in [7, 11) is 1.63. The van der Waals surface area contributed by atoms with Crippen LogP contribution in [0.4, 0.5) is 17.2 Å². The molecule has 188 valence electrons. The second-order valence-corrected chi connectivity index (χ2v) is 8.20. The summed E-state index contributed by atoms with van der Waals surface area (Å²) in [4.78, 5) is 38.2. The number of carbonyl (C=O) groups excluding carboxylic acids is 3. The summed E-state index contributed by atoms with van der Waals surface area (Å²) in [6.07, 6.45) is 0.742. The Morgan fingerprint density at radius 3 is 2.11 bits per heavy atom. The largest absolute Gasteiger partial charge is 0.385 e. The SMILES string of the molecule is CCN(CC(=O)Nc1ccc(NC(C)=O)cc1)CC(=O)Nc1c(C#N)c(C)c(C)n1CCCOC. The molecule has 1 aromatic heterocycles. The Morgan fingerprint density at radius 1 is 1.03 bits per heavy atom. The quantitative estimate of drug-likeness (QED) is 0.399. The number of carbonyl (C=O) groups is 3. The molecule has 2 aromatic rings. The first-order chi connectivity index (χ1) is 16.7. The Kier molecular flexibility index (Phi) is 10.5.